The van der Waals surface area contributed by atoms with E-state index in [0.717, 1.165) is 63.0 Å². The number of benzene rings is 1. The highest BCUT2D eigenvalue weighted by Gasteiger charge is 2.16. The SMILES string of the molecule is CCNC(=NCCN1CCc2sccc2C1)Nc1cccc(OCCCOC)c1. The van der Waals surface area contributed by atoms with Gasteiger partial charge in [0.05, 0.1) is 13.2 Å². The molecule has 6 nitrogen and oxygen atoms in total. The number of methoxy groups -OCH3 is 1. The van der Waals surface area contributed by atoms with Crippen LogP contribution in [0.15, 0.2) is 40.7 Å². The van der Waals surface area contributed by atoms with Gasteiger partial charge in [0.25, 0.3) is 0 Å². The molecule has 1 aliphatic rings. The average molecular weight is 417 g/mol. The number of nitrogens with zero attached hydrogens (tertiary/aromatic N) is 2. The second kappa shape index (κ2) is 11.8. The van der Waals surface area contributed by atoms with Gasteiger partial charge in [-0.05, 0) is 42.5 Å². The summed E-state index contributed by atoms with van der Waals surface area (Å²) in [4.78, 5) is 8.79. The fraction of sp³-hybridized carbons (Fsp3) is 0.500. The molecule has 7 heteroatoms. The molecule has 158 valence electrons. The highest BCUT2D eigenvalue weighted by atomic mass is 32.1. The molecule has 1 aromatic heterocycles. The van der Waals surface area contributed by atoms with Gasteiger partial charge in [-0.1, -0.05) is 6.07 Å². The highest BCUT2D eigenvalue weighted by Crippen LogP contribution is 2.23. The summed E-state index contributed by atoms with van der Waals surface area (Å²) < 4.78 is 10.8. The number of fused-ring (bicyclic) bond motifs is 1. The van der Waals surface area contributed by atoms with E-state index in [9.17, 15) is 0 Å². The van der Waals surface area contributed by atoms with Crippen LogP contribution in [0.2, 0.25) is 0 Å². The van der Waals surface area contributed by atoms with Crippen molar-refractivity contribution in [2.45, 2.75) is 26.3 Å². The molecule has 2 N–H and O–H groups in total. The number of nitrogens with one attached hydrogen (secondary N) is 2. The molecule has 1 aliphatic heterocycles. The van der Waals surface area contributed by atoms with Crippen molar-refractivity contribution in [3.63, 3.8) is 0 Å². The molecule has 0 saturated carbocycles. The van der Waals surface area contributed by atoms with Gasteiger partial charge < -0.3 is 20.1 Å². The fourth-order valence-electron chi connectivity index (χ4n) is 3.30. The van der Waals surface area contributed by atoms with Crippen molar-refractivity contribution < 1.29 is 9.47 Å². The van der Waals surface area contributed by atoms with Crippen LogP contribution in [-0.4, -0.2) is 57.4 Å². The smallest absolute Gasteiger partial charge is 0.195 e. The average Bonchev–Trinajstić information content (AvgIpc) is 3.20. The number of rotatable bonds is 10. The van der Waals surface area contributed by atoms with Gasteiger partial charge in [-0.25, -0.2) is 0 Å². The predicted octanol–water partition coefficient (Wildman–Crippen LogP) is 3.60. The molecule has 1 aromatic carbocycles. The van der Waals surface area contributed by atoms with E-state index >= 15 is 0 Å². The first-order valence-electron chi connectivity index (χ1n) is 10.3. The normalized spacial score (nSPS) is 14.5. The van der Waals surface area contributed by atoms with Crippen LogP contribution in [0.25, 0.3) is 0 Å². The quantitative estimate of drug-likeness (QED) is 0.352. The molecule has 0 spiro atoms. The van der Waals surface area contributed by atoms with Gasteiger partial charge in [-0.15, -0.1) is 11.3 Å². The molecule has 0 fully saturated rings. The summed E-state index contributed by atoms with van der Waals surface area (Å²) in [6, 6.07) is 10.2. The Morgan fingerprint density at radius 1 is 1.28 bits per heavy atom. The van der Waals surface area contributed by atoms with Crippen LogP contribution in [0, 0.1) is 0 Å². The molecular weight excluding hydrogens is 384 g/mol. The lowest BCUT2D eigenvalue weighted by atomic mass is 10.1. The molecule has 0 atom stereocenters. The molecule has 0 saturated heterocycles. The van der Waals surface area contributed by atoms with Gasteiger partial charge in [-0.2, -0.15) is 0 Å². The molecule has 2 aromatic rings. The van der Waals surface area contributed by atoms with Crippen LogP contribution in [-0.2, 0) is 17.7 Å². The van der Waals surface area contributed by atoms with Gasteiger partial charge >= 0.3 is 0 Å². The number of anilines is 1. The molecule has 0 radical (unpaired) electrons. The van der Waals surface area contributed by atoms with Gasteiger partial charge in [-0.3, -0.25) is 9.89 Å². The van der Waals surface area contributed by atoms with Crippen molar-refractivity contribution in [3.05, 3.63) is 46.2 Å². The van der Waals surface area contributed by atoms with E-state index in [4.69, 9.17) is 14.5 Å². The zero-order valence-electron chi connectivity index (χ0n) is 17.4. The lowest BCUT2D eigenvalue weighted by Crippen LogP contribution is -2.34. The number of guanidine groups is 1. The Kier molecular flexibility index (Phi) is 8.80. The first-order valence-corrected chi connectivity index (χ1v) is 11.2. The van der Waals surface area contributed by atoms with Crippen LogP contribution >= 0.6 is 11.3 Å². The molecule has 0 bridgehead atoms. The third-order valence-electron chi connectivity index (χ3n) is 4.78. The van der Waals surface area contributed by atoms with Gasteiger partial charge in [0, 0.05) is 62.9 Å². The molecule has 3 rings (SSSR count). The molecule has 0 aliphatic carbocycles. The Labute approximate surface area is 177 Å². The summed E-state index contributed by atoms with van der Waals surface area (Å²) in [5, 5.41) is 8.92. The fourth-order valence-corrected chi connectivity index (χ4v) is 4.19. The minimum Gasteiger partial charge on any atom is -0.493 e. The number of hydrogen-bond donors (Lipinski definition) is 2. The largest absolute Gasteiger partial charge is 0.493 e. The third kappa shape index (κ3) is 7.03. The van der Waals surface area contributed by atoms with Crippen molar-refractivity contribution >= 4 is 23.0 Å². The highest BCUT2D eigenvalue weighted by molar-refractivity contribution is 7.10. The summed E-state index contributed by atoms with van der Waals surface area (Å²) in [5.74, 6) is 1.65. The van der Waals surface area contributed by atoms with E-state index in [2.05, 4.69) is 33.9 Å². The van der Waals surface area contributed by atoms with Gasteiger partial charge in [0.2, 0.25) is 0 Å². The van der Waals surface area contributed by atoms with E-state index in [1.165, 1.54) is 5.56 Å². The van der Waals surface area contributed by atoms with Crippen LogP contribution in [0.1, 0.15) is 23.8 Å². The standard InChI is InChI=1S/C22H32N4O2S/c1-3-23-22(24-10-12-26-11-8-21-18(17-26)9-15-29-21)25-19-6-4-7-20(16-19)28-14-5-13-27-2/h4,6-7,9,15-16H,3,5,8,10-14,17H2,1-2H3,(H2,23,24,25). The first kappa shape index (κ1) is 21.6. The van der Waals surface area contributed by atoms with Crippen LogP contribution in [0.4, 0.5) is 5.69 Å². The maximum atomic E-state index is 5.79. The molecule has 2 heterocycles. The molecular formula is C22H32N4O2S. The second-order valence-corrected chi connectivity index (χ2v) is 8.00. The maximum absolute atomic E-state index is 5.79. The van der Waals surface area contributed by atoms with Crippen molar-refractivity contribution in [3.8, 4) is 5.75 Å². The van der Waals surface area contributed by atoms with Gasteiger partial charge in [0.1, 0.15) is 5.75 Å². The van der Waals surface area contributed by atoms with E-state index in [0.29, 0.717) is 13.2 Å². The lowest BCUT2D eigenvalue weighted by Gasteiger charge is -2.26. The summed E-state index contributed by atoms with van der Waals surface area (Å²) in [5.41, 5.74) is 2.45. The minimum absolute atomic E-state index is 0.646. The van der Waals surface area contributed by atoms with Crippen molar-refractivity contribution in [2.75, 3.05) is 51.8 Å². The monoisotopic (exact) mass is 416 g/mol. The number of ether oxygens (including phenoxy) is 2. The topological polar surface area (TPSA) is 58.1 Å². The Morgan fingerprint density at radius 2 is 2.21 bits per heavy atom. The summed E-state index contributed by atoms with van der Waals surface area (Å²) in [6.07, 6.45) is 2.04. The Bertz CT molecular complexity index is 778. The van der Waals surface area contributed by atoms with E-state index in [1.54, 1.807) is 12.0 Å². The molecule has 29 heavy (non-hydrogen) atoms. The molecule has 0 unspecified atom stereocenters. The van der Waals surface area contributed by atoms with E-state index in [-0.39, 0.29) is 0 Å². The number of aliphatic imine (C=N–C) groups is 1. The van der Waals surface area contributed by atoms with Crippen molar-refractivity contribution in [1.82, 2.24) is 10.2 Å². The zero-order valence-corrected chi connectivity index (χ0v) is 18.3. The van der Waals surface area contributed by atoms with E-state index in [1.807, 2.05) is 35.6 Å². The first-order chi connectivity index (χ1) is 14.3. The lowest BCUT2D eigenvalue weighted by molar-refractivity contribution is 0.172. The Morgan fingerprint density at radius 3 is 3.07 bits per heavy atom. The number of hydrogen-bond acceptors (Lipinski definition) is 5. The second-order valence-electron chi connectivity index (χ2n) is 7.00. The van der Waals surface area contributed by atoms with Crippen molar-refractivity contribution in [2.24, 2.45) is 4.99 Å². The molecule has 0 amide bonds. The van der Waals surface area contributed by atoms with Crippen molar-refractivity contribution in [1.29, 1.82) is 0 Å². The van der Waals surface area contributed by atoms with Crippen LogP contribution in [0.3, 0.4) is 0 Å². The summed E-state index contributed by atoms with van der Waals surface area (Å²) in [6.45, 7) is 8.15. The zero-order chi connectivity index (χ0) is 20.3. The maximum Gasteiger partial charge on any atom is 0.195 e. The summed E-state index contributed by atoms with van der Waals surface area (Å²) in [7, 11) is 1.71. The van der Waals surface area contributed by atoms with Crippen LogP contribution < -0.4 is 15.4 Å². The predicted molar refractivity (Wildman–Crippen MR) is 121 cm³/mol. The Balaban J connectivity index is 1.50. The Hall–Kier alpha value is -2.09. The minimum atomic E-state index is 0.646. The van der Waals surface area contributed by atoms with E-state index < -0.39 is 0 Å². The number of thiophene rings is 1. The third-order valence-corrected chi connectivity index (χ3v) is 5.80. The summed E-state index contributed by atoms with van der Waals surface area (Å²) >= 11 is 1.88. The van der Waals surface area contributed by atoms with Crippen LogP contribution in [0.5, 0.6) is 5.75 Å². The van der Waals surface area contributed by atoms with Gasteiger partial charge in [0.15, 0.2) is 5.96 Å².